The van der Waals surface area contributed by atoms with Crippen molar-refractivity contribution >= 4 is 0 Å². The van der Waals surface area contributed by atoms with Gasteiger partial charge in [-0.25, -0.2) is 0 Å². The highest BCUT2D eigenvalue weighted by molar-refractivity contribution is 4.39. The maximum absolute atomic E-state index is 7.57. The molecule has 0 aromatic rings. The molecule has 20 heavy (non-hydrogen) atoms. The minimum absolute atomic E-state index is 0.250. The average molecular weight is 291 g/mol. The van der Waals surface area contributed by atoms with Crippen LogP contribution in [-0.2, 0) is 4.74 Å². The van der Waals surface area contributed by atoms with Crippen LogP contribution < -0.4 is 0 Å². The van der Waals surface area contributed by atoms with E-state index >= 15 is 0 Å². The fourth-order valence-corrected chi connectivity index (χ4v) is 1.45. The van der Waals surface area contributed by atoms with Crippen LogP contribution in [0.3, 0.4) is 0 Å². The van der Waals surface area contributed by atoms with E-state index in [9.17, 15) is 0 Å². The normalized spacial score (nSPS) is 9.30. The molecule has 0 saturated heterocycles. The van der Waals surface area contributed by atoms with Crippen LogP contribution in [0.15, 0.2) is 0 Å². The molecule has 0 unspecified atom stereocenters. The molecule has 0 rings (SSSR count). The van der Waals surface area contributed by atoms with E-state index in [-0.39, 0.29) is 6.61 Å². The lowest BCUT2D eigenvalue weighted by Gasteiger charge is -1.99. The molecular formula is C18H42O2. The van der Waals surface area contributed by atoms with Crippen molar-refractivity contribution in [2.24, 2.45) is 0 Å². The Bertz CT molecular complexity index is 104. The molecule has 0 amide bonds. The highest BCUT2D eigenvalue weighted by Crippen LogP contribution is 2.03. The van der Waals surface area contributed by atoms with Gasteiger partial charge in [-0.1, -0.05) is 79.1 Å². The number of hydrogen-bond donors (Lipinski definition) is 1. The molecule has 1 N–H and O–H groups in total. The van der Waals surface area contributed by atoms with Gasteiger partial charge in [-0.3, -0.25) is 0 Å². The van der Waals surface area contributed by atoms with Gasteiger partial charge in [0, 0.05) is 19.8 Å². The zero-order valence-corrected chi connectivity index (χ0v) is 15.0. The Balaban J connectivity index is -0.000000243. The van der Waals surface area contributed by atoms with E-state index < -0.39 is 0 Å². The first-order valence-corrected chi connectivity index (χ1v) is 8.93. The Hall–Kier alpha value is -0.0800. The molecular weight excluding hydrogens is 248 g/mol. The Morgan fingerprint density at radius 2 is 0.850 bits per heavy atom. The van der Waals surface area contributed by atoms with E-state index in [1.807, 2.05) is 0 Å². The second-order valence-electron chi connectivity index (χ2n) is 5.05. The molecule has 0 fully saturated rings. The van der Waals surface area contributed by atoms with Crippen molar-refractivity contribution in [1.29, 1.82) is 0 Å². The number of hydrogen-bond acceptors (Lipinski definition) is 2. The molecule has 0 saturated carbocycles. The van der Waals surface area contributed by atoms with E-state index in [1.165, 1.54) is 64.2 Å². The fourth-order valence-electron chi connectivity index (χ4n) is 1.45. The molecule has 0 spiro atoms. The first-order chi connectivity index (χ1) is 9.74. The van der Waals surface area contributed by atoms with Crippen LogP contribution in [0.1, 0.15) is 98.8 Å². The first-order valence-electron chi connectivity index (χ1n) is 8.93. The molecule has 0 aliphatic rings. The highest BCUT2D eigenvalue weighted by Gasteiger charge is 1.84. The fraction of sp³-hybridized carbons (Fsp3) is 1.00. The van der Waals surface area contributed by atoms with E-state index in [2.05, 4.69) is 27.7 Å². The topological polar surface area (TPSA) is 29.5 Å². The van der Waals surface area contributed by atoms with E-state index in [0.29, 0.717) is 0 Å². The van der Waals surface area contributed by atoms with Crippen LogP contribution in [0.4, 0.5) is 0 Å². The van der Waals surface area contributed by atoms with Gasteiger partial charge in [-0.15, -0.1) is 0 Å². The summed E-state index contributed by atoms with van der Waals surface area (Å²) in [7, 11) is 0. The Morgan fingerprint density at radius 3 is 1.10 bits per heavy atom. The van der Waals surface area contributed by atoms with Crippen LogP contribution in [0.25, 0.3) is 0 Å². The number of ether oxygens (including phenoxy) is 1. The summed E-state index contributed by atoms with van der Waals surface area (Å²) in [4.78, 5) is 0. The predicted molar refractivity (Wildman–Crippen MR) is 92.4 cm³/mol. The minimum Gasteiger partial charge on any atom is -0.397 e. The van der Waals surface area contributed by atoms with E-state index in [4.69, 9.17) is 9.84 Å². The van der Waals surface area contributed by atoms with Crippen molar-refractivity contribution in [3.63, 3.8) is 0 Å². The third-order valence-electron chi connectivity index (χ3n) is 2.74. The number of aliphatic hydroxyl groups is 1. The van der Waals surface area contributed by atoms with Crippen molar-refractivity contribution in [1.82, 2.24) is 0 Å². The number of rotatable bonds is 11. The van der Waals surface area contributed by atoms with Gasteiger partial charge in [0.05, 0.1) is 0 Å². The molecule has 0 atom stereocenters. The average Bonchev–Trinajstić information content (AvgIpc) is 2.45. The molecule has 0 aliphatic carbocycles. The maximum Gasteiger partial charge on any atom is 0.0465 e. The summed E-state index contributed by atoms with van der Waals surface area (Å²) in [6, 6.07) is 0. The van der Waals surface area contributed by atoms with Crippen LogP contribution in [-0.4, -0.2) is 24.9 Å². The van der Waals surface area contributed by atoms with Crippen LogP contribution in [0, 0.1) is 0 Å². The summed E-state index contributed by atoms with van der Waals surface area (Å²) >= 11 is 0. The standard InChI is InChI=1S/C8H18O.C8H18.C2H6O/c1-3-5-7-9-8-6-4-2;1-3-5-7-8-6-4-2;1-2-3/h3-8H2,1-2H3;3-8H2,1-2H3;3H,2H2,1H3. The molecule has 0 aromatic heterocycles. The SMILES string of the molecule is CCCCCCCC.CCCCOCCCC.CCO. The lowest BCUT2D eigenvalue weighted by molar-refractivity contribution is 0.128. The zero-order chi connectivity index (χ0) is 15.9. The van der Waals surface area contributed by atoms with Gasteiger partial charge in [-0.05, 0) is 19.8 Å². The lowest BCUT2D eigenvalue weighted by Crippen LogP contribution is -1.95. The molecule has 0 heterocycles. The zero-order valence-electron chi connectivity index (χ0n) is 15.0. The van der Waals surface area contributed by atoms with E-state index in [0.717, 1.165) is 13.2 Å². The van der Waals surface area contributed by atoms with Gasteiger partial charge < -0.3 is 9.84 Å². The van der Waals surface area contributed by atoms with Crippen molar-refractivity contribution < 1.29 is 9.84 Å². The third-order valence-corrected chi connectivity index (χ3v) is 2.74. The van der Waals surface area contributed by atoms with Gasteiger partial charge in [0.25, 0.3) is 0 Å². The molecule has 0 aromatic carbocycles. The Morgan fingerprint density at radius 1 is 0.550 bits per heavy atom. The molecule has 0 aliphatic heterocycles. The third kappa shape index (κ3) is 43.0. The summed E-state index contributed by atoms with van der Waals surface area (Å²) < 4.78 is 5.31. The highest BCUT2D eigenvalue weighted by atomic mass is 16.5. The van der Waals surface area contributed by atoms with Crippen LogP contribution >= 0.6 is 0 Å². The second kappa shape index (κ2) is 31.4. The summed E-state index contributed by atoms with van der Waals surface area (Å²) in [6.07, 6.45) is 13.4. The molecule has 2 heteroatoms. The quantitative estimate of drug-likeness (QED) is 0.475. The van der Waals surface area contributed by atoms with Crippen molar-refractivity contribution in [3.05, 3.63) is 0 Å². The van der Waals surface area contributed by atoms with Crippen LogP contribution in [0.2, 0.25) is 0 Å². The molecule has 126 valence electrons. The van der Waals surface area contributed by atoms with Gasteiger partial charge in [-0.2, -0.15) is 0 Å². The molecule has 0 radical (unpaired) electrons. The lowest BCUT2D eigenvalue weighted by atomic mass is 10.1. The number of unbranched alkanes of at least 4 members (excludes halogenated alkanes) is 7. The van der Waals surface area contributed by atoms with Crippen molar-refractivity contribution in [2.45, 2.75) is 98.8 Å². The van der Waals surface area contributed by atoms with Gasteiger partial charge in [0.15, 0.2) is 0 Å². The summed E-state index contributed by atoms with van der Waals surface area (Å²) in [6.45, 7) is 12.7. The van der Waals surface area contributed by atoms with Crippen molar-refractivity contribution in [2.75, 3.05) is 19.8 Å². The van der Waals surface area contributed by atoms with Gasteiger partial charge in [0.2, 0.25) is 0 Å². The predicted octanol–water partition coefficient (Wildman–Crippen LogP) is 5.97. The van der Waals surface area contributed by atoms with Gasteiger partial charge in [0.1, 0.15) is 0 Å². The smallest absolute Gasteiger partial charge is 0.0465 e. The van der Waals surface area contributed by atoms with E-state index in [1.54, 1.807) is 6.92 Å². The Labute approximate surface area is 129 Å². The Kier molecular flexibility index (Phi) is 39.0. The molecule has 2 nitrogen and oxygen atoms in total. The largest absolute Gasteiger partial charge is 0.397 e. The first kappa shape index (κ1) is 24.9. The van der Waals surface area contributed by atoms with Gasteiger partial charge >= 0.3 is 0 Å². The minimum atomic E-state index is 0.250. The van der Waals surface area contributed by atoms with Crippen LogP contribution in [0.5, 0.6) is 0 Å². The second-order valence-corrected chi connectivity index (χ2v) is 5.05. The summed E-state index contributed by atoms with van der Waals surface area (Å²) in [5.41, 5.74) is 0. The monoisotopic (exact) mass is 290 g/mol. The maximum atomic E-state index is 7.57. The summed E-state index contributed by atoms with van der Waals surface area (Å²) in [5.74, 6) is 0. The van der Waals surface area contributed by atoms with Crippen molar-refractivity contribution in [3.8, 4) is 0 Å². The summed E-state index contributed by atoms with van der Waals surface area (Å²) in [5, 5.41) is 7.57. The molecule has 0 bridgehead atoms. The number of aliphatic hydroxyl groups excluding tert-OH is 1.